The third-order valence-electron chi connectivity index (χ3n) is 2.10. The molecule has 0 radical (unpaired) electrons. The van der Waals surface area contributed by atoms with Crippen LogP contribution in [0.2, 0.25) is 5.02 Å². The van der Waals surface area contributed by atoms with E-state index >= 15 is 0 Å². The van der Waals surface area contributed by atoms with Gasteiger partial charge < -0.3 is 5.32 Å². The summed E-state index contributed by atoms with van der Waals surface area (Å²) in [5, 5.41) is 3.86. The van der Waals surface area contributed by atoms with E-state index in [9.17, 15) is 0 Å². The van der Waals surface area contributed by atoms with Gasteiger partial charge in [-0.05, 0) is 46.6 Å². The maximum Gasteiger partial charge on any atom is 0.144 e. The van der Waals surface area contributed by atoms with Crippen LogP contribution in [0.5, 0.6) is 0 Å². The Kier molecular flexibility index (Phi) is 3.46. The summed E-state index contributed by atoms with van der Waals surface area (Å²) in [6.07, 6.45) is 1.81. The Balaban J connectivity index is 2.31. The first-order valence-electron chi connectivity index (χ1n) is 4.80. The fourth-order valence-electron chi connectivity index (χ4n) is 1.32. The van der Waals surface area contributed by atoms with E-state index in [2.05, 4.69) is 26.2 Å². The average Bonchev–Trinajstić information content (AvgIpc) is 2.25. The molecule has 0 unspecified atom stereocenters. The largest absolute Gasteiger partial charge is 0.338 e. The first kappa shape index (κ1) is 11.4. The second-order valence-electron chi connectivity index (χ2n) is 3.45. The number of nitrogens with one attached hydrogen (secondary N) is 1. The van der Waals surface area contributed by atoms with Crippen LogP contribution in [0.15, 0.2) is 41.0 Å². The van der Waals surface area contributed by atoms with E-state index in [0.29, 0.717) is 5.02 Å². The van der Waals surface area contributed by atoms with Crippen molar-refractivity contribution in [3.8, 4) is 0 Å². The maximum atomic E-state index is 6.05. The van der Waals surface area contributed by atoms with E-state index < -0.39 is 0 Å². The zero-order valence-corrected chi connectivity index (χ0v) is 11.0. The molecule has 1 heterocycles. The van der Waals surface area contributed by atoms with Crippen molar-refractivity contribution < 1.29 is 0 Å². The molecule has 0 spiro atoms. The molecule has 1 N–H and O–H groups in total. The zero-order valence-electron chi connectivity index (χ0n) is 8.67. The second kappa shape index (κ2) is 4.85. The first-order chi connectivity index (χ1) is 7.66. The Labute approximate surface area is 108 Å². The van der Waals surface area contributed by atoms with Gasteiger partial charge in [-0.3, -0.25) is 0 Å². The van der Waals surface area contributed by atoms with Gasteiger partial charge in [0.2, 0.25) is 0 Å². The number of rotatable bonds is 2. The third kappa shape index (κ3) is 2.54. The van der Waals surface area contributed by atoms with E-state index in [4.69, 9.17) is 11.6 Å². The average molecular weight is 298 g/mol. The van der Waals surface area contributed by atoms with Crippen LogP contribution in [0.25, 0.3) is 0 Å². The zero-order chi connectivity index (χ0) is 11.5. The number of pyridine rings is 1. The van der Waals surface area contributed by atoms with E-state index in [1.54, 1.807) is 0 Å². The molecule has 82 valence electrons. The van der Waals surface area contributed by atoms with Gasteiger partial charge >= 0.3 is 0 Å². The normalized spacial score (nSPS) is 10.2. The number of hydrogen-bond acceptors (Lipinski definition) is 2. The molecule has 0 aliphatic carbocycles. The van der Waals surface area contributed by atoms with Gasteiger partial charge in [0, 0.05) is 6.20 Å². The number of halogens is 2. The van der Waals surface area contributed by atoms with Gasteiger partial charge in [0.25, 0.3) is 0 Å². The standard InChI is InChI=1S/C12H10BrClN2/c1-8-6-9(13)12(15-7-8)16-11-5-3-2-4-10(11)14/h2-7H,1H3,(H,15,16). The molecule has 0 atom stereocenters. The van der Waals surface area contributed by atoms with Crippen molar-refractivity contribution in [1.82, 2.24) is 4.98 Å². The summed E-state index contributed by atoms with van der Waals surface area (Å²) < 4.78 is 0.924. The number of benzene rings is 1. The predicted octanol–water partition coefficient (Wildman–Crippen LogP) is 4.55. The summed E-state index contributed by atoms with van der Waals surface area (Å²) in [6, 6.07) is 9.58. The topological polar surface area (TPSA) is 24.9 Å². The van der Waals surface area contributed by atoms with Gasteiger partial charge in [-0.1, -0.05) is 23.7 Å². The van der Waals surface area contributed by atoms with Crippen molar-refractivity contribution in [2.75, 3.05) is 5.32 Å². The lowest BCUT2D eigenvalue weighted by Gasteiger charge is -2.09. The molecule has 1 aromatic carbocycles. The molecule has 4 heteroatoms. The van der Waals surface area contributed by atoms with Crippen LogP contribution < -0.4 is 5.32 Å². The predicted molar refractivity (Wildman–Crippen MR) is 71.4 cm³/mol. The minimum Gasteiger partial charge on any atom is -0.338 e. The Bertz CT molecular complexity index is 514. The molecule has 0 saturated heterocycles. The van der Waals surface area contributed by atoms with Crippen LogP contribution in [0, 0.1) is 6.92 Å². The number of nitrogens with zero attached hydrogens (tertiary/aromatic N) is 1. The Morgan fingerprint density at radius 3 is 2.75 bits per heavy atom. The van der Waals surface area contributed by atoms with Gasteiger partial charge in [-0.15, -0.1) is 0 Å². The Morgan fingerprint density at radius 1 is 1.31 bits per heavy atom. The molecule has 0 amide bonds. The van der Waals surface area contributed by atoms with Crippen molar-refractivity contribution in [3.05, 3.63) is 51.6 Å². The van der Waals surface area contributed by atoms with Gasteiger partial charge in [-0.2, -0.15) is 0 Å². The smallest absolute Gasteiger partial charge is 0.144 e. The fourth-order valence-corrected chi connectivity index (χ4v) is 2.06. The number of aromatic nitrogens is 1. The molecule has 0 aliphatic heterocycles. The second-order valence-corrected chi connectivity index (χ2v) is 4.71. The molecule has 2 nitrogen and oxygen atoms in total. The molecule has 0 bridgehead atoms. The maximum absolute atomic E-state index is 6.05. The summed E-state index contributed by atoms with van der Waals surface area (Å²) in [7, 11) is 0. The number of anilines is 2. The minimum absolute atomic E-state index is 0.678. The molecule has 0 saturated carbocycles. The molecule has 2 aromatic rings. The SMILES string of the molecule is Cc1cnc(Nc2ccccc2Cl)c(Br)c1. The number of aryl methyl sites for hydroxylation is 1. The van der Waals surface area contributed by atoms with Crippen LogP contribution >= 0.6 is 27.5 Å². The lowest BCUT2D eigenvalue weighted by Crippen LogP contribution is -1.95. The van der Waals surface area contributed by atoms with Crippen LogP contribution in [0.4, 0.5) is 11.5 Å². The van der Waals surface area contributed by atoms with Crippen LogP contribution in [-0.4, -0.2) is 4.98 Å². The molecule has 2 rings (SSSR count). The van der Waals surface area contributed by atoms with E-state index in [-0.39, 0.29) is 0 Å². The summed E-state index contributed by atoms with van der Waals surface area (Å²) in [4.78, 5) is 4.30. The molecule has 0 fully saturated rings. The number of para-hydroxylation sites is 1. The molecular weight excluding hydrogens is 288 g/mol. The molecular formula is C12H10BrClN2. The summed E-state index contributed by atoms with van der Waals surface area (Å²) >= 11 is 9.51. The van der Waals surface area contributed by atoms with Crippen molar-refractivity contribution in [2.45, 2.75) is 6.92 Å². The Morgan fingerprint density at radius 2 is 2.06 bits per heavy atom. The highest BCUT2D eigenvalue weighted by molar-refractivity contribution is 9.10. The van der Waals surface area contributed by atoms with Gasteiger partial charge in [0.1, 0.15) is 5.82 Å². The highest BCUT2D eigenvalue weighted by Crippen LogP contribution is 2.28. The molecule has 16 heavy (non-hydrogen) atoms. The monoisotopic (exact) mass is 296 g/mol. The fraction of sp³-hybridized carbons (Fsp3) is 0.0833. The van der Waals surface area contributed by atoms with E-state index in [1.807, 2.05) is 43.5 Å². The van der Waals surface area contributed by atoms with Crippen molar-refractivity contribution in [2.24, 2.45) is 0 Å². The van der Waals surface area contributed by atoms with Gasteiger partial charge in [0.05, 0.1) is 15.2 Å². The van der Waals surface area contributed by atoms with Crippen molar-refractivity contribution in [1.29, 1.82) is 0 Å². The quantitative estimate of drug-likeness (QED) is 0.879. The summed E-state index contributed by atoms with van der Waals surface area (Å²) in [5.41, 5.74) is 1.96. The van der Waals surface area contributed by atoms with Crippen molar-refractivity contribution in [3.63, 3.8) is 0 Å². The van der Waals surface area contributed by atoms with Gasteiger partial charge in [0.15, 0.2) is 0 Å². The third-order valence-corrected chi connectivity index (χ3v) is 3.04. The number of hydrogen-bond donors (Lipinski definition) is 1. The first-order valence-corrected chi connectivity index (χ1v) is 5.97. The van der Waals surface area contributed by atoms with Gasteiger partial charge in [-0.25, -0.2) is 4.98 Å². The minimum atomic E-state index is 0.678. The lowest BCUT2D eigenvalue weighted by atomic mass is 10.3. The van der Waals surface area contributed by atoms with Crippen LogP contribution in [0.1, 0.15) is 5.56 Å². The molecule has 0 aliphatic rings. The van der Waals surface area contributed by atoms with Crippen molar-refractivity contribution >= 4 is 39.0 Å². The van der Waals surface area contributed by atoms with Crippen LogP contribution in [-0.2, 0) is 0 Å². The highest BCUT2D eigenvalue weighted by atomic mass is 79.9. The summed E-state index contributed by atoms with van der Waals surface area (Å²) in [6.45, 7) is 2.00. The highest BCUT2D eigenvalue weighted by Gasteiger charge is 2.04. The van der Waals surface area contributed by atoms with Crippen LogP contribution in [0.3, 0.4) is 0 Å². The lowest BCUT2D eigenvalue weighted by molar-refractivity contribution is 1.24. The van der Waals surface area contributed by atoms with E-state index in [1.165, 1.54) is 0 Å². The Hall–Kier alpha value is -1.06. The summed E-state index contributed by atoms with van der Waals surface area (Å²) in [5.74, 6) is 0.763. The van der Waals surface area contributed by atoms with E-state index in [0.717, 1.165) is 21.5 Å². The molecule has 1 aromatic heterocycles.